The molecule has 0 aliphatic rings. The third-order valence-corrected chi connectivity index (χ3v) is 2.45. The Balaban J connectivity index is 2.71. The lowest BCUT2D eigenvalue weighted by molar-refractivity contribution is -0.139. The van der Waals surface area contributed by atoms with Gasteiger partial charge in [0.05, 0.1) is 0 Å². The van der Waals surface area contributed by atoms with Gasteiger partial charge in [-0.25, -0.2) is 14.0 Å². The first-order valence-electron chi connectivity index (χ1n) is 5.61. The second-order valence-corrected chi connectivity index (χ2v) is 3.97. The highest BCUT2D eigenvalue weighted by Crippen LogP contribution is 2.15. The van der Waals surface area contributed by atoms with Crippen molar-refractivity contribution in [2.24, 2.45) is 0 Å². The molecule has 5 nitrogen and oxygen atoms in total. The lowest BCUT2D eigenvalue weighted by atomic mass is 10.2. The minimum atomic E-state index is -1.16. The Morgan fingerprint density at radius 2 is 2.21 bits per heavy atom. The SMILES string of the molecule is C=CCC(NC(=O)Nc1cc(F)ccc1C)C(=O)O. The summed E-state index contributed by atoms with van der Waals surface area (Å²) in [7, 11) is 0. The summed E-state index contributed by atoms with van der Waals surface area (Å²) in [6.07, 6.45) is 1.50. The van der Waals surface area contributed by atoms with Gasteiger partial charge in [0, 0.05) is 5.69 Å². The second kappa shape index (κ2) is 6.53. The number of nitrogens with one attached hydrogen (secondary N) is 2. The number of aliphatic carboxylic acids is 1. The van der Waals surface area contributed by atoms with Crippen LogP contribution >= 0.6 is 0 Å². The summed E-state index contributed by atoms with van der Waals surface area (Å²) in [5.74, 6) is -1.65. The minimum absolute atomic E-state index is 0.102. The van der Waals surface area contributed by atoms with Crippen LogP contribution in [0, 0.1) is 12.7 Å². The van der Waals surface area contributed by atoms with E-state index in [0.29, 0.717) is 11.3 Å². The molecular formula is C13H15FN2O3. The Morgan fingerprint density at radius 1 is 1.53 bits per heavy atom. The number of rotatable bonds is 5. The van der Waals surface area contributed by atoms with Crippen LogP contribution in [-0.4, -0.2) is 23.1 Å². The van der Waals surface area contributed by atoms with Gasteiger partial charge in [0.2, 0.25) is 0 Å². The van der Waals surface area contributed by atoms with Crippen molar-refractivity contribution in [2.45, 2.75) is 19.4 Å². The van der Waals surface area contributed by atoms with Crippen molar-refractivity contribution in [3.63, 3.8) is 0 Å². The highest BCUT2D eigenvalue weighted by atomic mass is 19.1. The van der Waals surface area contributed by atoms with Gasteiger partial charge < -0.3 is 15.7 Å². The van der Waals surface area contributed by atoms with Crippen molar-refractivity contribution in [3.8, 4) is 0 Å². The number of carboxylic acid groups (broad SMARTS) is 1. The third-order valence-electron chi connectivity index (χ3n) is 2.45. The molecule has 102 valence electrons. The van der Waals surface area contributed by atoms with Gasteiger partial charge in [0.15, 0.2) is 0 Å². The second-order valence-electron chi connectivity index (χ2n) is 3.97. The molecule has 19 heavy (non-hydrogen) atoms. The lowest BCUT2D eigenvalue weighted by Gasteiger charge is -2.14. The Bertz CT molecular complexity index is 503. The fourth-order valence-electron chi connectivity index (χ4n) is 1.43. The number of amides is 2. The van der Waals surface area contributed by atoms with Gasteiger partial charge >= 0.3 is 12.0 Å². The van der Waals surface area contributed by atoms with Crippen molar-refractivity contribution < 1.29 is 19.1 Å². The summed E-state index contributed by atoms with van der Waals surface area (Å²) >= 11 is 0. The van der Waals surface area contributed by atoms with Crippen molar-refractivity contribution in [2.75, 3.05) is 5.32 Å². The molecule has 3 N–H and O–H groups in total. The van der Waals surface area contributed by atoms with Gasteiger partial charge in [-0.1, -0.05) is 12.1 Å². The van der Waals surface area contributed by atoms with Gasteiger partial charge in [-0.2, -0.15) is 0 Å². The first-order valence-corrected chi connectivity index (χ1v) is 5.61. The van der Waals surface area contributed by atoms with Crippen LogP contribution in [0.3, 0.4) is 0 Å². The molecule has 1 aromatic rings. The molecule has 0 heterocycles. The predicted molar refractivity (Wildman–Crippen MR) is 69.5 cm³/mol. The molecule has 2 amide bonds. The van der Waals surface area contributed by atoms with Gasteiger partial charge in [0.25, 0.3) is 0 Å². The molecule has 0 spiro atoms. The van der Waals surface area contributed by atoms with Crippen LogP contribution < -0.4 is 10.6 Å². The van der Waals surface area contributed by atoms with E-state index in [1.54, 1.807) is 6.92 Å². The van der Waals surface area contributed by atoms with Crippen LogP contribution in [0.15, 0.2) is 30.9 Å². The van der Waals surface area contributed by atoms with Gasteiger partial charge in [-0.15, -0.1) is 6.58 Å². The average Bonchev–Trinajstić information content (AvgIpc) is 2.33. The molecule has 6 heteroatoms. The fraction of sp³-hybridized carbons (Fsp3) is 0.231. The molecule has 0 saturated heterocycles. The monoisotopic (exact) mass is 266 g/mol. The molecule has 0 bridgehead atoms. The minimum Gasteiger partial charge on any atom is -0.480 e. The number of hydrogen-bond donors (Lipinski definition) is 3. The van der Waals surface area contributed by atoms with Crippen LogP contribution in [0.5, 0.6) is 0 Å². The van der Waals surface area contributed by atoms with Crippen LogP contribution in [-0.2, 0) is 4.79 Å². The van der Waals surface area contributed by atoms with Crippen molar-refractivity contribution in [1.82, 2.24) is 5.32 Å². The summed E-state index contributed by atoms with van der Waals surface area (Å²) in [4.78, 5) is 22.5. The molecule has 1 aromatic carbocycles. The number of urea groups is 1. The summed E-state index contributed by atoms with van der Waals surface area (Å²) in [5, 5.41) is 13.5. The first kappa shape index (κ1) is 14.7. The Hall–Kier alpha value is -2.37. The topological polar surface area (TPSA) is 78.4 Å². The van der Waals surface area contributed by atoms with E-state index < -0.39 is 23.9 Å². The summed E-state index contributed by atoms with van der Waals surface area (Å²) in [6.45, 7) is 5.12. The standard InChI is InChI=1S/C13H15FN2O3/c1-3-4-10(12(17)18)15-13(19)16-11-7-9(14)6-5-8(11)2/h3,5-7,10H,1,4H2,2H3,(H,17,18)(H2,15,16,19). The summed E-state index contributed by atoms with van der Waals surface area (Å²) in [6, 6.07) is 2.19. The van der Waals surface area contributed by atoms with Crippen LogP contribution in [0.25, 0.3) is 0 Å². The largest absolute Gasteiger partial charge is 0.480 e. The average molecular weight is 266 g/mol. The number of carbonyl (C=O) groups is 2. The molecule has 0 radical (unpaired) electrons. The van der Waals surface area contributed by atoms with E-state index in [4.69, 9.17) is 5.11 Å². The summed E-state index contributed by atoms with van der Waals surface area (Å²) < 4.78 is 13.0. The molecular weight excluding hydrogens is 251 g/mol. The van der Waals surface area contributed by atoms with E-state index in [1.807, 2.05) is 0 Å². The van der Waals surface area contributed by atoms with E-state index in [2.05, 4.69) is 17.2 Å². The van der Waals surface area contributed by atoms with E-state index in [0.717, 1.165) is 6.07 Å². The number of hydrogen-bond acceptors (Lipinski definition) is 2. The van der Waals surface area contributed by atoms with Gasteiger partial charge in [-0.05, 0) is 31.0 Å². The maximum absolute atomic E-state index is 13.0. The quantitative estimate of drug-likeness (QED) is 0.715. The van der Waals surface area contributed by atoms with Crippen molar-refractivity contribution in [1.29, 1.82) is 0 Å². The maximum atomic E-state index is 13.0. The van der Waals surface area contributed by atoms with Gasteiger partial charge in [-0.3, -0.25) is 0 Å². The molecule has 0 aliphatic heterocycles. The predicted octanol–water partition coefficient (Wildman–Crippen LogP) is 2.28. The number of aryl methyl sites for hydroxylation is 1. The molecule has 1 rings (SSSR count). The zero-order valence-electron chi connectivity index (χ0n) is 10.4. The molecule has 1 atom stereocenters. The normalized spacial score (nSPS) is 11.5. The molecule has 0 saturated carbocycles. The smallest absolute Gasteiger partial charge is 0.326 e. The lowest BCUT2D eigenvalue weighted by Crippen LogP contribution is -2.42. The van der Waals surface area contributed by atoms with E-state index >= 15 is 0 Å². The van der Waals surface area contributed by atoms with E-state index in [-0.39, 0.29) is 6.42 Å². The van der Waals surface area contributed by atoms with Gasteiger partial charge in [0.1, 0.15) is 11.9 Å². The molecule has 0 aromatic heterocycles. The zero-order valence-corrected chi connectivity index (χ0v) is 10.4. The van der Waals surface area contributed by atoms with Crippen molar-refractivity contribution in [3.05, 3.63) is 42.2 Å². The number of anilines is 1. The van der Waals surface area contributed by atoms with Crippen molar-refractivity contribution >= 4 is 17.7 Å². The first-order chi connectivity index (χ1) is 8.93. The number of halogens is 1. The van der Waals surface area contributed by atoms with Crippen LogP contribution in [0.2, 0.25) is 0 Å². The molecule has 0 aliphatic carbocycles. The Morgan fingerprint density at radius 3 is 2.79 bits per heavy atom. The molecule has 0 fully saturated rings. The van der Waals surface area contributed by atoms with Crippen LogP contribution in [0.1, 0.15) is 12.0 Å². The number of carbonyl (C=O) groups excluding carboxylic acids is 1. The highest BCUT2D eigenvalue weighted by Gasteiger charge is 2.18. The fourth-order valence-corrected chi connectivity index (χ4v) is 1.43. The summed E-state index contributed by atoms with van der Waals surface area (Å²) in [5.41, 5.74) is 0.965. The molecule has 1 unspecified atom stereocenters. The van der Waals surface area contributed by atoms with E-state index in [1.165, 1.54) is 18.2 Å². The number of benzene rings is 1. The number of carboxylic acids is 1. The Kier molecular flexibility index (Phi) is 5.05. The Labute approximate surface area is 110 Å². The zero-order chi connectivity index (χ0) is 14.4. The van der Waals surface area contributed by atoms with E-state index in [9.17, 15) is 14.0 Å². The van der Waals surface area contributed by atoms with Crippen LogP contribution in [0.4, 0.5) is 14.9 Å². The highest BCUT2D eigenvalue weighted by molar-refractivity contribution is 5.92. The third kappa shape index (κ3) is 4.42. The maximum Gasteiger partial charge on any atom is 0.326 e.